The first kappa shape index (κ1) is 15.5. The van der Waals surface area contributed by atoms with Gasteiger partial charge in [-0.05, 0) is 7.05 Å². The third-order valence-electron chi connectivity index (χ3n) is 4.62. The molecule has 0 saturated carbocycles. The first-order valence-electron chi connectivity index (χ1n) is 7.90. The lowest BCUT2D eigenvalue weighted by atomic mass is 10.1. The summed E-state index contributed by atoms with van der Waals surface area (Å²) in [5.74, 6) is 1.24. The number of carbonyl (C=O) groups is 1. The van der Waals surface area contributed by atoms with Crippen molar-refractivity contribution in [3.8, 4) is 0 Å². The Bertz CT molecular complexity index is 512. The van der Waals surface area contributed by atoms with Crippen LogP contribution in [-0.4, -0.2) is 89.7 Å². The lowest BCUT2D eigenvalue weighted by molar-refractivity contribution is -0.136. The molecule has 2 aliphatic rings. The number of aromatic nitrogens is 2. The van der Waals surface area contributed by atoms with Gasteiger partial charge in [0.1, 0.15) is 5.82 Å². The van der Waals surface area contributed by atoms with Crippen molar-refractivity contribution in [1.82, 2.24) is 24.3 Å². The van der Waals surface area contributed by atoms with Crippen molar-refractivity contribution >= 4 is 5.91 Å². The molecule has 1 atom stereocenters. The predicted molar refractivity (Wildman–Crippen MR) is 82.4 cm³/mol. The van der Waals surface area contributed by atoms with Crippen LogP contribution in [0.3, 0.4) is 0 Å². The lowest BCUT2D eigenvalue weighted by Gasteiger charge is -2.40. The van der Waals surface area contributed by atoms with Crippen LogP contribution in [0.5, 0.6) is 0 Å². The molecule has 122 valence electrons. The summed E-state index contributed by atoms with van der Waals surface area (Å²) in [5.41, 5.74) is 0. The fraction of sp³-hybridized carbons (Fsp3) is 0.733. The Balaban J connectivity index is 1.62. The van der Waals surface area contributed by atoms with Crippen molar-refractivity contribution in [2.24, 2.45) is 7.05 Å². The normalized spacial score (nSPS) is 24.6. The summed E-state index contributed by atoms with van der Waals surface area (Å²) in [7, 11) is 4.10. The Kier molecular flexibility index (Phi) is 4.75. The zero-order valence-corrected chi connectivity index (χ0v) is 13.4. The van der Waals surface area contributed by atoms with E-state index in [1.165, 1.54) is 0 Å². The van der Waals surface area contributed by atoms with Gasteiger partial charge in [-0.1, -0.05) is 0 Å². The maximum Gasteiger partial charge on any atom is 0.236 e. The van der Waals surface area contributed by atoms with Crippen LogP contribution in [0.1, 0.15) is 11.9 Å². The number of ether oxygens (including phenoxy) is 1. The first-order valence-corrected chi connectivity index (χ1v) is 7.90. The van der Waals surface area contributed by atoms with Crippen molar-refractivity contribution in [2.45, 2.75) is 6.04 Å². The van der Waals surface area contributed by atoms with Gasteiger partial charge in [-0.3, -0.25) is 14.6 Å². The van der Waals surface area contributed by atoms with Crippen LogP contribution in [0.25, 0.3) is 0 Å². The van der Waals surface area contributed by atoms with E-state index in [1.54, 1.807) is 0 Å². The molecule has 1 amide bonds. The number of nitrogens with zero attached hydrogens (tertiary/aromatic N) is 5. The quantitative estimate of drug-likeness (QED) is 0.758. The fourth-order valence-corrected chi connectivity index (χ4v) is 3.13. The Morgan fingerprint density at radius 2 is 2.05 bits per heavy atom. The van der Waals surface area contributed by atoms with E-state index in [9.17, 15) is 4.79 Å². The van der Waals surface area contributed by atoms with E-state index in [-0.39, 0.29) is 11.9 Å². The highest BCUT2D eigenvalue weighted by molar-refractivity contribution is 5.78. The van der Waals surface area contributed by atoms with Crippen LogP contribution in [0.15, 0.2) is 12.4 Å². The molecule has 1 aromatic rings. The van der Waals surface area contributed by atoms with Crippen LogP contribution < -0.4 is 0 Å². The Morgan fingerprint density at radius 3 is 2.73 bits per heavy atom. The molecule has 1 aromatic heterocycles. The number of likely N-dealkylation sites (N-methyl/N-ethyl adjacent to an activating group) is 1. The Labute approximate surface area is 131 Å². The number of hydrogen-bond acceptors (Lipinski definition) is 5. The SMILES string of the molecule is CN1CCN(C(=O)CN2CCOCC2)C[C@H]1c1nccn1C. The van der Waals surface area contributed by atoms with E-state index < -0.39 is 0 Å². The molecular formula is C15H25N5O2. The summed E-state index contributed by atoms with van der Waals surface area (Å²) in [6.45, 7) is 6.04. The maximum absolute atomic E-state index is 12.6. The van der Waals surface area contributed by atoms with Crippen molar-refractivity contribution in [2.75, 3.05) is 59.5 Å². The number of morpholine rings is 1. The standard InChI is InChI=1S/C15H25N5O2/c1-17-5-6-20(11-13(17)15-16-3-4-18(15)2)14(21)12-19-7-9-22-10-8-19/h3-4,13H,5-12H2,1-2H3/t13-/m0/s1. The predicted octanol–water partition coefficient (Wildman–Crippen LogP) is -0.433. The Morgan fingerprint density at radius 1 is 1.27 bits per heavy atom. The molecule has 22 heavy (non-hydrogen) atoms. The molecule has 3 rings (SSSR count). The second-order valence-corrected chi connectivity index (χ2v) is 6.12. The molecule has 0 radical (unpaired) electrons. The minimum atomic E-state index is 0.169. The number of amides is 1. The highest BCUT2D eigenvalue weighted by atomic mass is 16.5. The number of carbonyl (C=O) groups excluding carboxylic acids is 1. The van der Waals surface area contributed by atoms with Crippen LogP contribution in [0.4, 0.5) is 0 Å². The molecular weight excluding hydrogens is 282 g/mol. The third kappa shape index (κ3) is 3.31. The van der Waals surface area contributed by atoms with Crippen molar-refractivity contribution in [3.05, 3.63) is 18.2 Å². The van der Waals surface area contributed by atoms with Gasteiger partial charge in [-0.25, -0.2) is 4.98 Å². The van der Waals surface area contributed by atoms with Gasteiger partial charge in [0.15, 0.2) is 0 Å². The van der Waals surface area contributed by atoms with Gasteiger partial charge in [-0.2, -0.15) is 0 Å². The van der Waals surface area contributed by atoms with Crippen LogP contribution in [-0.2, 0) is 16.6 Å². The molecule has 0 bridgehead atoms. The number of aryl methyl sites for hydroxylation is 1. The van der Waals surface area contributed by atoms with Crippen molar-refractivity contribution < 1.29 is 9.53 Å². The largest absolute Gasteiger partial charge is 0.379 e. The zero-order chi connectivity index (χ0) is 15.5. The molecule has 0 aromatic carbocycles. The Hall–Kier alpha value is -1.44. The highest BCUT2D eigenvalue weighted by Crippen LogP contribution is 2.22. The minimum absolute atomic E-state index is 0.169. The molecule has 0 N–H and O–H groups in total. The average Bonchev–Trinajstić information content (AvgIpc) is 2.94. The van der Waals surface area contributed by atoms with Gasteiger partial charge in [0.05, 0.1) is 25.8 Å². The number of hydrogen-bond donors (Lipinski definition) is 0. The molecule has 7 heteroatoms. The fourth-order valence-electron chi connectivity index (χ4n) is 3.13. The third-order valence-corrected chi connectivity index (χ3v) is 4.62. The van der Waals surface area contributed by atoms with Crippen LogP contribution in [0, 0.1) is 0 Å². The summed E-state index contributed by atoms with van der Waals surface area (Å²) < 4.78 is 7.37. The van der Waals surface area contributed by atoms with Gasteiger partial charge in [0, 0.05) is 52.2 Å². The summed E-state index contributed by atoms with van der Waals surface area (Å²) in [4.78, 5) is 23.5. The molecule has 0 unspecified atom stereocenters. The second-order valence-electron chi connectivity index (χ2n) is 6.12. The van der Waals surface area contributed by atoms with Crippen molar-refractivity contribution in [3.63, 3.8) is 0 Å². The smallest absolute Gasteiger partial charge is 0.236 e. The molecule has 0 spiro atoms. The highest BCUT2D eigenvalue weighted by Gasteiger charge is 2.31. The summed E-state index contributed by atoms with van der Waals surface area (Å²) in [6, 6.07) is 0.169. The van der Waals surface area contributed by atoms with Gasteiger partial charge >= 0.3 is 0 Å². The second kappa shape index (κ2) is 6.76. The van der Waals surface area contributed by atoms with Crippen molar-refractivity contribution in [1.29, 1.82) is 0 Å². The van der Waals surface area contributed by atoms with Crippen LogP contribution >= 0.6 is 0 Å². The first-order chi connectivity index (χ1) is 10.6. The van der Waals surface area contributed by atoms with E-state index in [4.69, 9.17) is 4.74 Å². The molecule has 2 aliphatic heterocycles. The summed E-state index contributed by atoms with van der Waals surface area (Å²) in [6.07, 6.45) is 3.77. The minimum Gasteiger partial charge on any atom is -0.379 e. The number of imidazole rings is 1. The summed E-state index contributed by atoms with van der Waals surface area (Å²) >= 11 is 0. The molecule has 0 aliphatic carbocycles. The van der Waals surface area contributed by atoms with Gasteiger partial charge in [-0.15, -0.1) is 0 Å². The molecule has 2 fully saturated rings. The van der Waals surface area contributed by atoms with E-state index >= 15 is 0 Å². The topological polar surface area (TPSA) is 53.8 Å². The van der Waals surface area contributed by atoms with E-state index in [0.717, 1.165) is 45.2 Å². The van der Waals surface area contributed by atoms with Gasteiger partial charge < -0.3 is 14.2 Å². The average molecular weight is 307 g/mol. The van der Waals surface area contributed by atoms with E-state index in [1.807, 2.05) is 28.9 Å². The molecule has 7 nitrogen and oxygen atoms in total. The monoisotopic (exact) mass is 307 g/mol. The van der Waals surface area contributed by atoms with E-state index in [0.29, 0.717) is 13.1 Å². The maximum atomic E-state index is 12.6. The molecule has 3 heterocycles. The number of piperazine rings is 1. The number of rotatable bonds is 3. The van der Waals surface area contributed by atoms with E-state index in [2.05, 4.69) is 21.8 Å². The lowest BCUT2D eigenvalue weighted by Crippen LogP contribution is -2.52. The zero-order valence-electron chi connectivity index (χ0n) is 13.4. The van der Waals surface area contributed by atoms with Gasteiger partial charge in [0.2, 0.25) is 5.91 Å². The van der Waals surface area contributed by atoms with Gasteiger partial charge in [0.25, 0.3) is 0 Å². The summed E-state index contributed by atoms with van der Waals surface area (Å²) in [5, 5.41) is 0. The van der Waals surface area contributed by atoms with Crippen LogP contribution in [0.2, 0.25) is 0 Å². The molecule has 2 saturated heterocycles.